The van der Waals surface area contributed by atoms with Crippen molar-refractivity contribution < 1.29 is 14.7 Å². The number of nitrogens with one attached hydrogen (secondary N) is 1. The van der Waals surface area contributed by atoms with Crippen molar-refractivity contribution in [3.05, 3.63) is 60.6 Å². The molecule has 3 aromatic rings. The minimum Gasteiger partial charge on any atom is -0.465 e. The fourth-order valence-corrected chi connectivity index (χ4v) is 5.56. The van der Waals surface area contributed by atoms with Crippen LogP contribution < -0.4 is 10.2 Å². The van der Waals surface area contributed by atoms with Gasteiger partial charge in [0, 0.05) is 57.0 Å². The van der Waals surface area contributed by atoms with Gasteiger partial charge >= 0.3 is 6.09 Å². The quantitative estimate of drug-likeness (QED) is 0.605. The van der Waals surface area contributed by atoms with Gasteiger partial charge in [-0.3, -0.25) is 9.78 Å². The first-order valence-corrected chi connectivity index (χ1v) is 12.0. The van der Waals surface area contributed by atoms with Crippen LogP contribution in [0, 0.1) is 5.41 Å². The van der Waals surface area contributed by atoms with Gasteiger partial charge in [0.05, 0.1) is 5.52 Å². The lowest BCUT2D eigenvalue weighted by molar-refractivity contribution is -0.134. The van der Waals surface area contributed by atoms with E-state index in [1.54, 1.807) is 0 Å². The molecule has 0 saturated carbocycles. The lowest BCUT2D eigenvalue weighted by Crippen LogP contribution is -2.48. The number of pyridine rings is 1. The Morgan fingerprint density at radius 1 is 0.971 bits per heavy atom. The van der Waals surface area contributed by atoms with Crippen molar-refractivity contribution >= 4 is 28.6 Å². The molecule has 2 aliphatic rings. The third-order valence-electron chi connectivity index (χ3n) is 7.64. The smallest absolute Gasteiger partial charge is 0.404 e. The zero-order chi connectivity index (χ0) is 23.5. The summed E-state index contributed by atoms with van der Waals surface area (Å²) in [4.78, 5) is 32.7. The number of hydrogen-bond donors (Lipinski definition) is 2. The third kappa shape index (κ3) is 4.58. The van der Waals surface area contributed by atoms with E-state index >= 15 is 0 Å². The number of likely N-dealkylation sites (tertiary alicyclic amines) is 1. The van der Waals surface area contributed by atoms with Gasteiger partial charge in [-0.25, -0.2) is 4.79 Å². The summed E-state index contributed by atoms with van der Waals surface area (Å²) in [7, 11) is 0. The average Bonchev–Trinajstić information content (AvgIpc) is 3.27. The summed E-state index contributed by atoms with van der Waals surface area (Å²) in [6, 6.07) is 11.9. The Labute approximate surface area is 199 Å². The summed E-state index contributed by atoms with van der Waals surface area (Å²) in [5, 5.41) is 12.4. The molecule has 0 radical (unpaired) electrons. The summed E-state index contributed by atoms with van der Waals surface area (Å²) in [6.07, 6.45) is 9.02. The molecule has 4 heterocycles. The van der Waals surface area contributed by atoms with Gasteiger partial charge in [-0.1, -0.05) is 18.2 Å². The van der Waals surface area contributed by atoms with Crippen molar-refractivity contribution in [2.75, 3.05) is 31.1 Å². The highest BCUT2D eigenvalue weighted by Gasteiger charge is 2.38. The van der Waals surface area contributed by atoms with E-state index in [0.29, 0.717) is 5.41 Å². The van der Waals surface area contributed by atoms with E-state index in [4.69, 9.17) is 5.11 Å². The number of rotatable bonds is 5. The number of piperidine rings is 2. The van der Waals surface area contributed by atoms with Crippen molar-refractivity contribution in [2.45, 2.75) is 38.8 Å². The van der Waals surface area contributed by atoms with Crippen LogP contribution in [0.4, 0.5) is 10.5 Å². The molecule has 2 fully saturated rings. The van der Waals surface area contributed by atoms with Crippen LogP contribution >= 0.6 is 0 Å². The maximum Gasteiger partial charge on any atom is 0.404 e. The predicted octanol–water partition coefficient (Wildman–Crippen LogP) is 3.71. The maximum absolute atomic E-state index is 13.2. The number of amides is 2. The molecule has 0 unspecified atom stereocenters. The number of carbonyl (C=O) groups excluding carboxylic acids is 1. The summed E-state index contributed by atoms with van der Waals surface area (Å²) < 4.78 is 1.95. The predicted molar refractivity (Wildman–Crippen MR) is 131 cm³/mol. The Balaban J connectivity index is 1.19. The standard InChI is InChI=1S/C26H31N5O3/c32-23(19-31-13-6-20-2-1-3-21(24(20)31)18-28-25(33)34)30-16-9-26(10-17-30)7-14-29(15-8-26)22-4-11-27-12-5-22/h1-6,11-13,28H,7-10,14-19H2,(H,33,34). The zero-order valence-corrected chi connectivity index (χ0v) is 19.3. The summed E-state index contributed by atoms with van der Waals surface area (Å²) in [5.74, 6) is 0.127. The lowest BCUT2D eigenvalue weighted by atomic mass is 9.71. The molecule has 0 aliphatic carbocycles. The van der Waals surface area contributed by atoms with Gasteiger partial charge in [-0.15, -0.1) is 0 Å². The van der Waals surface area contributed by atoms with E-state index in [0.717, 1.165) is 55.5 Å². The first-order valence-electron chi connectivity index (χ1n) is 12.0. The summed E-state index contributed by atoms with van der Waals surface area (Å²) >= 11 is 0. The van der Waals surface area contributed by atoms with Gasteiger partial charge in [-0.2, -0.15) is 0 Å². The molecule has 2 N–H and O–H groups in total. The van der Waals surface area contributed by atoms with E-state index in [-0.39, 0.29) is 19.0 Å². The van der Waals surface area contributed by atoms with E-state index < -0.39 is 6.09 Å². The van der Waals surface area contributed by atoms with Crippen molar-refractivity contribution in [3.63, 3.8) is 0 Å². The van der Waals surface area contributed by atoms with Crippen molar-refractivity contribution in [3.8, 4) is 0 Å². The molecule has 2 saturated heterocycles. The molecular formula is C26H31N5O3. The van der Waals surface area contributed by atoms with E-state index in [9.17, 15) is 9.59 Å². The van der Waals surface area contributed by atoms with Gasteiger partial charge < -0.3 is 24.8 Å². The fraction of sp³-hybridized carbons (Fsp3) is 0.423. The van der Waals surface area contributed by atoms with Crippen molar-refractivity contribution in [2.24, 2.45) is 5.41 Å². The second kappa shape index (κ2) is 9.37. The van der Waals surface area contributed by atoms with Crippen LogP contribution in [0.1, 0.15) is 31.2 Å². The number of fused-ring (bicyclic) bond motifs is 1. The molecule has 2 aromatic heterocycles. The minimum absolute atomic E-state index is 0.127. The molecule has 0 bridgehead atoms. The van der Waals surface area contributed by atoms with Gasteiger partial charge in [0.15, 0.2) is 0 Å². The molecule has 5 rings (SSSR count). The minimum atomic E-state index is -1.06. The van der Waals surface area contributed by atoms with Crippen LogP contribution in [0.15, 0.2) is 55.0 Å². The van der Waals surface area contributed by atoms with Crippen LogP contribution in [0.5, 0.6) is 0 Å². The number of hydrogen-bond acceptors (Lipinski definition) is 4. The number of anilines is 1. The fourth-order valence-electron chi connectivity index (χ4n) is 5.56. The molecule has 1 aromatic carbocycles. The van der Waals surface area contributed by atoms with Gasteiger partial charge in [0.1, 0.15) is 6.54 Å². The number of para-hydroxylation sites is 1. The highest BCUT2D eigenvalue weighted by atomic mass is 16.4. The molecule has 34 heavy (non-hydrogen) atoms. The number of carboxylic acid groups (broad SMARTS) is 1. The Hall–Kier alpha value is -3.55. The van der Waals surface area contributed by atoms with E-state index in [1.165, 1.54) is 18.5 Å². The highest BCUT2D eigenvalue weighted by Crippen LogP contribution is 2.42. The van der Waals surface area contributed by atoms with Gasteiger partial charge in [0.25, 0.3) is 0 Å². The Morgan fingerprint density at radius 2 is 1.68 bits per heavy atom. The molecule has 2 aliphatic heterocycles. The van der Waals surface area contributed by atoms with Crippen LogP contribution in [0.25, 0.3) is 10.9 Å². The largest absolute Gasteiger partial charge is 0.465 e. The SMILES string of the molecule is O=C(O)NCc1cccc2ccn(CC(=O)N3CCC4(CC3)CCN(c3ccncc3)CC4)c12. The lowest BCUT2D eigenvalue weighted by Gasteiger charge is -2.47. The molecule has 0 atom stereocenters. The van der Waals surface area contributed by atoms with Crippen molar-refractivity contribution in [1.82, 2.24) is 19.8 Å². The van der Waals surface area contributed by atoms with Crippen LogP contribution in [0.2, 0.25) is 0 Å². The Kier molecular flexibility index (Phi) is 6.13. The molecule has 1 spiro atoms. The van der Waals surface area contributed by atoms with Crippen LogP contribution in [-0.4, -0.2) is 57.7 Å². The molecule has 8 heteroatoms. The van der Waals surface area contributed by atoms with E-state index in [2.05, 4.69) is 27.3 Å². The van der Waals surface area contributed by atoms with Crippen LogP contribution in [-0.2, 0) is 17.9 Å². The zero-order valence-electron chi connectivity index (χ0n) is 19.3. The first kappa shape index (κ1) is 22.3. The Morgan fingerprint density at radius 3 is 2.38 bits per heavy atom. The number of benzene rings is 1. The highest BCUT2D eigenvalue weighted by molar-refractivity contribution is 5.86. The molecule has 2 amide bonds. The first-order chi connectivity index (χ1) is 16.5. The normalized spacial score (nSPS) is 17.8. The molecule has 8 nitrogen and oxygen atoms in total. The van der Waals surface area contributed by atoms with Gasteiger partial charge in [-0.05, 0) is 60.2 Å². The Bertz CT molecular complexity index is 1160. The van der Waals surface area contributed by atoms with Gasteiger partial charge in [0.2, 0.25) is 5.91 Å². The second-order valence-electron chi connectivity index (χ2n) is 9.53. The second-order valence-corrected chi connectivity index (χ2v) is 9.53. The number of aromatic nitrogens is 2. The van der Waals surface area contributed by atoms with E-state index in [1.807, 2.05) is 52.3 Å². The third-order valence-corrected chi connectivity index (χ3v) is 7.64. The topological polar surface area (TPSA) is 90.7 Å². The maximum atomic E-state index is 13.2. The average molecular weight is 462 g/mol. The monoisotopic (exact) mass is 461 g/mol. The molecular weight excluding hydrogens is 430 g/mol. The number of nitrogens with zero attached hydrogens (tertiary/aromatic N) is 4. The van der Waals surface area contributed by atoms with Crippen LogP contribution in [0.3, 0.4) is 0 Å². The summed E-state index contributed by atoms with van der Waals surface area (Å²) in [5.41, 5.74) is 3.38. The number of carbonyl (C=O) groups is 2. The molecule has 178 valence electrons. The summed E-state index contributed by atoms with van der Waals surface area (Å²) in [6.45, 7) is 4.21. The van der Waals surface area contributed by atoms with Crippen molar-refractivity contribution in [1.29, 1.82) is 0 Å².